The van der Waals surface area contributed by atoms with E-state index in [0.29, 0.717) is 6.04 Å². The lowest BCUT2D eigenvalue weighted by Gasteiger charge is -2.39. The predicted molar refractivity (Wildman–Crippen MR) is 80.2 cm³/mol. The van der Waals surface area contributed by atoms with Gasteiger partial charge < -0.3 is 15.0 Å². The number of likely N-dealkylation sites (N-methyl/N-ethyl adjacent to an activating group) is 1. The molecular weight excluding hydrogens is 238 g/mol. The van der Waals surface area contributed by atoms with Crippen molar-refractivity contribution in [2.75, 3.05) is 51.8 Å². The summed E-state index contributed by atoms with van der Waals surface area (Å²) in [4.78, 5) is 5.00. The van der Waals surface area contributed by atoms with Gasteiger partial charge in [0.15, 0.2) is 0 Å². The van der Waals surface area contributed by atoms with Gasteiger partial charge in [0.05, 0.1) is 7.11 Å². The fourth-order valence-electron chi connectivity index (χ4n) is 2.64. The standard InChI is InChI=1S/C15H25N3O/c1-13(12-16-2)17-8-10-18(11-9-17)14-4-6-15(19-3)7-5-14/h4-7,13,16H,8-12H2,1-3H3. The molecule has 106 valence electrons. The van der Waals surface area contributed by atoms with Gasteiger partial charge in [-0.15, -0.1) is 0 Å². The van der Waals surface area contributed by atoms with E-state index in [1.54, 1.807) is 7.11 Å². The monoisotopic (exact) mass is 263 g/mol. The number of benzene rings is 1. The van der Waals surface area contributed by atoms with Crippen LogP contribution in [0, 0.1) is 0 Å². The molecule has 0 bridgehead atoms. The van der Waals surface area contributed by atoms with E-state index >= 15 is 0 Å². The summed E-state index contributed by atoms with van der Waals surface area (Å²) in [5.74, 6) is 0.921. The van der Waals surface area contributed by atoms with Crippen LogP contribution in [0.1, 0.15) is 6.92 Å². The second kappa shape index (κ2) is 6.78. The van der Waals surface area contributed by atoms with E-state index in [0.717, 1.165) is 38.5 Å². The third kappa shape index (κ3) is 3.61. The highest BCUT2D eigenvalue weighted by Gasteiger charge is 2.20. The van der Waals surface area contributed by atoms with E-state index in [1.165, 1.54) is 5.69 Å². The lowest BCUT2D eigenvalue weighted by molar-refractivity contribution is 0.195. The molecule has 4 nitrogen and oxygen atoms in total. The maximum absolute atomic E-state index is 5.20. The SMILES string of the molecule is CNCC(C)N1CCN(c2ccc(OC)cc2)CC1. The third-order valence-electron chi connectivity index (χ3n) is 3.87. The topological polar surface area (TPSA) is 27.7 Å². The Hall–Kier alpha value is -1.26. The second-order valence-corrected chi connectivity index (χ2v) is 5.13. The fourth-order valence-corrected chi connectivity index (χ4v) is 2.64. The average molecular weight is 263 g/mol. The summed E-state index contributed by atoms with van der Waals surface area (Å²) in [6.45, 7) is 7.81. The molecule has 4 heteroatoms. The Morgan fingerprint density at radius 3 is 2.32 bits per heavy atom. The first kappa shape index (κ1) is 14.2. The summed E-state index contributed by atoms with van der Waals surface area (Å²) >= 11 is 0. The summed E-state index contributed by atoms with van der Waals surface area (Å²) in [5, 5.41) is 3.25. The summed E-state index contributed by atoms with van der Waals surface area (Å²) in [6.07, 6.45) is 0. The number of hydrogen-bond donors (Lipinski definition) is 1. The Morgan fingerprint density at radius 2 is 1.79 bits per heavy atom. The Labute approximate surface area is 116 Å². The van der Waals surface area contributed by atoms with E-state index in [1.807, 2.05) is 19.2 Å². The lowest BCUT2D eigenvalue weighted by Crippen LogP contribution is -2.51. The van der Waals surface area contributed by atoms with Gasteiger partial charge in [0.1, 0.15) is 5.75 Å². The summed E-state index contributed by atoms with van der Waals surface area (Å²) in [5.41, 5.74) is 1.29. The van der Waals surface area contributed by atoms with Crippen molar-refractivity contribution in [1.29, 1.82) is 0 Å². The normalized spacial score (nSPS) is 18.4. The van der Waals surface area contributed by atoms with Crippen molar-refractivity contribution >= 4 is 5.69 Å². The van der Waals surface area contributed by atoms with Gasteiger partial charge in [0.2, 0.25) is 0 Å². The first-order valence-electron chi connectivity index (χ1n) is 7.02. The highest BCUT2D eigenvalue weighted by Crippen LogP contribution is 2.20. The van der Waals surface area contributed by atoms with Gasteiger partial charge in [0.25, 0.3) is 0 Å². The molecule has 1 aliphatic rings. The van der Waals surface area contributed by atoms with Crippen LogP contribution in [0.5, 0.6) is 5.75 Å². The van der Waals surface area contributed by atoms with Gasteiger partial charge in [-0.25, -0.2) is 0 Å². The molecule has 0 aliphatic carbocycles. The zero-order valence-electron chi connectivity index (χ0n) is 12.2. The number of nitrogens with one attached hydrogen (secondary N) is 1. The molecule has 2 rings (SSSR count). The molecule has 0 saturated carbocycles. The van der Waals surface area contributed by atoms with Crippen LogP contribution in [0.2, 0.25) is 0 Å². The lowest BCUT2D eigenvalue weighted by atomic mass is 10.2. The molecule has 1 atom stereocenters. The highest BCUT2D eigenvalue weighted by molar-refractivity contribution is 5.49. The van der Waals surface area contributed by atoms with E-state index in [-0.39, 0.29) is 0 Å². The molecule has 1 fully saturated rings. The minimum absolute atomic E-state index is 0.614. The zero-order chi connectivity index (χ0) is 13.7. The van der Waals surface area contributed by atoms with Crippen molar-refractivity contribution in [3.05, 3.63) is 24.3 Å². The van der Waals surface area contributed by atoms with Gasteiger partial charge in [-0.1, -0.05) is 0 Å². The molecular formula is C15H25N3O. The van der Waals surface area contributed by atoms with E-state index < -0.39 is 0 Å². The molecule has 0 radical (unpaired) electrons. The fraction of sp³-hybridized carbons (Fsp3) is 0.600. The molecule has 0 spiro atoms. The van der Waals surface area contributed by atoms with Crippen LogP contribution in [0.4, 0.5) is 5.69 Å². The minimum atomic E-state index is 0.614. The number of rotatable bonds is 5. The molecule has 19 heavy (non-hydrogen) atoms. The van der Waals surface area contributed by atoms with Crippen molar-refractivity contribution < 1.29 is 4.74 Å². The second-order valence-electron chi connectivity index (χ2n) is 5.13. The molecule has 0 aromatic heterocycles. The van der Waals surface area contributed by atoms with Gasteiger partial charge in [0, 0.05) is 44.5 Å². The van der Waals surface area contributed by atoms with Gasteiger partial charge in [-0.2, -0.15) is 0 Å². The van der Waals surface area contributed by atoms with Crippen molar-refractivity contribution in [3.63, 3.8) is 0 Å². The largest absolute Gasteiger partial charge is 0.497 e. The average Bonchev–Trinajstić information content (AvgIpc) is 2.48. The first-order valence-corrected chi connectivity index (χ1v) is 7.02. The highest BCUT2D eigenvalue weighted by atomic mass is 16.5. The number of methoxy groups -OCH3 is 1. The van der Waals surface area contributed by atoms with Crippen LogP contribution < -0.4 is 15.0 Å². The van der Waals surface area contributed by atoms with E-state index in [9.17, 15) is 0 Å². The van der Waals surface area contributed by atoms with Crippen LogP contribution in [0.3, 0.4) is 0 Å². The molecule has 1 aliphatic heterocycles. The van der Waals surface area contributed by atoms with Crippen LogP contribution in [-0.2, 0) is 0 Å². The maximum atomic E-state index is 5.20. The molecule has 0 amide bonds. The molecule has 1 N–H and O–H groups in total. The smallest absolute Gasteiger partial charge is 0.119 e. The van der Waals surface area contributed by atoms with Crippen LogP contribution in [0.25, 0.3) is 0 Å². The zero-order valence-corrected chi connectivity index (χ0v) is 12.2. The van der Waals surface area contributed by atoms with Crippen molar-refractivity contribution in [2.24, 2.45) is 0 Å². The van der Waals surface area contributed by atoms with Crippen molar-refractivity contribution in [1.82, 2.24) is 10.2 Å². The maximum Gasteiger partial charge on any atom is 0.119 e. The summed E-state index contributed by atoms with van der Waals surface area (Å²) in [7, 11) is 3.72. The van der Waals surface area contributed by atoms with Crippen LogP contribution >= 0.6 is 0 Å². The Bertz CT molecular complexity index is 371. The van der Waals surface area contributed by atoms with Gasteiger partial charge >= 0.3 is 0 Å². The van der Waals surface area contributed by atoms with Crippen molar-refractivity contribution in [2.45, 2.75) is 13.0 Å². The molecule has 1 saturated heterocycles. The molecule has 1 aromatic carbocycles. The summed E-state index contributed by atoms with van der Waals surface area (Å²) in [6, 6.07) is 8.97. The quantitative estimate of drug-likeness (QED) is 0.869. The van der Waals surface area contributed by atoms with E-state index in [2.05, 4.69) is 34.2 Å². The number of hydrogen-bond acceptors (Lipinski definition) is 4. The Kier molecular flexibility index (Phi) is 5.05. The predicted octanol–water partition coefficient (Wildman–Crippen LogP) is 1.43. The summed E-state index contributed by atoms with van der Waals surface area (Å²) < 4.78 is 5.20. The van der Waals surface area contributed by atoms with Crippen LogP contribution in [-0.4, -0.2) is 57.8 Å². The van der Waals surface area contributed by atoms with E-state index in [4.69, 9.17) is 4.74 Å². The number of piperazine rings is 1. The van der Waals surface area contributed by atoms with Gasteiger partial charge in [-0.3, -0.25) is 4.90 Å². The number of ether oxygens (including phenoxy) is 1. The minimum Gasteiger partial charge on any atom is -0.497 e. The Morgan fingerprint density at radius 1 is 1.16 bits per heavy atom. The van der Waals surface area contributed by atoms with Crippen molar-refractivity contribution in [3.8, 4) is 5.75 Å². The molecule has 1 unspecified atom stereocenters. The van der Waals surface area contributed by atoms with Crippen LogP contribution in [0.15, 0.2) is 24.3 Å². The van der Waals surface area contributed by atoms with Gasteiger partial charge in [-0.05, 0) is 38.2 Å². The molecule has 1 heterocycles. The Balaban J connectivity index is 1.88. The third-order valence-corrected chi connectivity index (χ3v) is 3.87. The molecule has 1 aromatic rings. The first-order chi connectivity index (χ1) is 9.24. The number of nitrogens with zero attached hydrogens (tertiary/aromatic N) is 2. The number of anilines is 1.